The highest BCUT2D eigenvalue weighted by atomic mass is 16.5. The number of ether oxygens (including phenoxy) is 1. The van der Waals surface area contributed by atoms with Crippen molar-refractivity contribution in [3.8, 4) is 0 Å². The number of carboxylic acid groups (broad SMARTS) is 1. The summed E-state index contributed by atoms with van der Waals surface area (Å²) < 4.78 is 4.88. The van der Waals surface area contributed by atoms with E-state index in [2.05, 4.69) is 5.32 Å². The van der Waals surface area contributed by atoms with E-state index in [0.29, 0.717) is 6.61 Å². The molecule has 1 saturated carbocycles. The summed E-state index contributed by atoms with van der Waals surface area (Å²) in [4.78, 5) is 10.9. The van der Waals surface area contributed by atoms with Crippen molar-refractivity contribution < 1.29 is 14.6 Å². The highest BCUT2D eigenvalue weighted by Gasteiger charge is 2.43. The van der Waals surface area contributed by atoms with Crippen molar-refractivity contribution in [3.05, 3.63) is 0 Å². The van der Waals surface area contributed by atoms with E-state index in [1.54, 1.807) is 7.11 Å². The molecule has 1 aliphatic rings. The molecule has 0 aromatic heterocycles. The normalized spacial score (nSPS) is 19.5. The number of carboxylic acids is 1. The molecule has 13 heavy (non-hydrogen) atoms. The molecule has 4 nitrogen and oxygen atoms in total. The van der Waals surface area contributed by atoms with Crippen molar-refractivity contribution >= 4 is 5.97 Å². The van der Waals surface area contributed by atoms with Crippen molar-refractivity contribution in [2.75, 3.05) is 20.3 Å². The highest BCUT2D eigenvalue weighted by Crippen LogP contribution is 2.31. The topological polar surface area (TPSA) is 58.6 Å². The summed E-state index contributed by atoms with van der Waals surface area (Å²) in [6, 6.07) is 0. The fraction of sp³-hybridized carbons (Fsp3) is 0.889. The van der Waals surface area contributed by atoms with Gasteiger partial charge in [-0.15, -0.1) is 0 Å². The Morgan fingerprint density at radius 3 is 2.69 bits per heavy atom. The van der Waals surface area contributed by atoms with Crippen LogP contribution in [0, 0.1) is 0 Å². The van der Waals surface area contributed by atoms with Crippen molar-refractivity contribution in [1.29, 1.82) is 0 Å². The molecule has 0 spiro atoms. The zero-order chi connectivity index (χ0) is 9.73. The van der Waals surface area contributed by atoms with E-state index >= 15 is 0 Å². The van der Waals surface area contributed by atoms with Crippen LogP contribution in [-0.2, 0) is 9.53 Å². The minimum atomic E-state index is -0.712. The van der Waals surface area contributed by atoms with Crippen LogP contribution in [0.2, 0.25) is 0 Å². The Morgan fingerprint density at radius 1 is 1.62 bits per heavy atom. The molecular weight excluding hydrogens is 170 g/mol. The maximum Gasteiger partial charge on any atom is 0.323 e. The Kier molecular flexibility index (Phi) is 3.69. The smallest absolute Gasteiger partial charge is 0.323 e. The van der Waals surface area contributed by atoms with Gasteiger partial charge in [-0.1, -0.05) is 0 Å². The van der Waals surface area contributed by atoms with Gasteiger partial charge in [-0.25, -0.2) is 0 Å². The van der Waals surface area contributed by atoms with Gasteiger partial charge in [-0.05, 0) is 32.2 Å². The number of hydrogen-bond donors (Lipinski definition) is 2. The maximum atomic E-state index is 10.9. The number of aliphatic carboxylic acids is 1. The lowest BCUT2D eigenvalue weighted by molar-refractivity contribution is -0.148. The quantitative estimate of drug-likeness (QED) is 0.598. The van der Waals surface area contributed by atoms with E-state index in [0.717, 1.165) is 32.2 Å². The lowest BCUT2D eigenvalue weighted by Gasteiger charge is -2.38. The van der Waals surface area contributed by atoms with E-state index < -0.39 is 11.5 Å². The third-order valence-corrected chi connectivity index (χ3v) is 2.61. The van der Waals surface area contributed by atoms with E-state index in [1.165, 1.54) is 0 Å². The minimum Gasteiger partial charge on any atom is -0.480 e. The first-order valence-electron chi connectivity index (χ1n) is 4.69. The summed E-state index contributed by atoms with van der Waals surface area (Å²) in [5.74, 6) is -0.712. The average molecular weight is 187 g/mol. The molecule has 0 aromatic carbocycles. The number of rotatable bonds is 6. The van der Waals surface area contributed by atoms with Gasteiger partial charge in [-0.2, -0.15) is 0 Å². The molecule has 0 aromatic rings. The van der Waals surface area contributed by atoms with Gasteiger partial charge in [0.25, 0.3) is 0 Å². The van der Waals surface area contributed by atoms with Crippen molar-refractivity contribution in [3.63, 3.8) is 0 Å². The first-order valence-corrected chi connectivity index (χ1v) is 4.69. The van der Waals surface area contributed by atoms with Gasteiger partial charge in [0.05, 0.1) is 0 Å². The second kappa shape index (κ2) is 4.58. The second-order valence-corrected chi connectivity index (χ2v) is 3.51. The monoisotopic (exact) mass is 187 g/mol. The molecule has 76 valence electrons. The summed E-state index contributed by atoms with van der Waals surface area (Å²) in [7, 11) is 1.65. The van der Waals surface area contributed by atoms with Crippen LogP contribution >= 0.6 is 0 Å². The summed E-state index contributed by atoms with van der Waals surface area (Å²) in [5, 5.41) is 12.0. The van der Waals surface area contributed by atoms with E-state index in [1.807, 2.05) is 0 Å². The first kappa shape index (κ1) is 10.5. The molecule has 0 aliphatic heterocycles. The Labute approximate surface area is 78.3 Å². The van der Waals surface area contributed by atoms with Gasteiger partial charge in [0.2, 0.25) is 0 Å². The van der Waals surface area contributed by atoms with Crippen LogP contribution in [0.4, 0.5) is 0 Å². The summed E-state index contributed by atoms with van der Waals surface area (Å²) in [6.07, 6.45) is 3.40. The molecule has 0 unspecified atom stereocenters. The van der Waals surface area contributed by atoms with Crippen LogP contribution in [-0.4, -0.2) is 36.9 Å². The third-order valence-electron chi connectivity index (χ3n) is 2.61. The van der Waals surface area contributed by atoms with Gasteiger partial charge in [-0.3, -0.25) is 4.79 Å². The standard InChI is InChI=1S/C9H17NO3/c1-13-7-3-6-10-9(8(11)12)4-2-5-9/h10H,2-7H2,1H3,(H,11,12). The molecule has 0 radical (unpaired) electrons. The number of nitrogens with one attached hydrogen (secondary N) is 1. The number of hydrogen-bond acceptors (Lipinski definition) is 3. The molecule has 1 fully saturated rings. The zero-order valence-corrected chi connectivity index (χ0v) is 8.01. The lowest BCUT2D eigenvalue weighted by atomic mass is 9.77. The largest absolute Gasteiger partial charge is 0.480 e. The maximum absolute atomic E-state index is 10.9. The molecule has 0 bridgehead atoms. The van der Waals surface area contributed by atoms with Gasteiger partial charge in [0.1, 0.15) is 5.54 Å². The minimum absolute atomic E-state index is 0.617. The Hall–Kier alpha value is -0.610. The van der Waals surface area contributed by atoms with Gasteiger partial charge in [0, 0.05) is 13.7 Å². The molecule has 0 heterocycles. The van der Waals surface area contributed by atoms with Gasteiger partial charge >= 0.3 is 5.97 Å². The molecule has 4 heteroatoms. The fourth-order valence-corrected chi connectivity index (χ4v) is 1.54. The molecule has 2 N–H and O–H groups in total. The molecule has 0 atom stereocenters. The first-order chi connectivity index (χ1) is 6.21. The second-order valence-electron chi connectivity index (χ2n) is 3.51. The SMILES string of the molecule is COCCCNC1(C(=O)O)CCC1. The van der Waals surface area contributed by atoms with E-state index in [4.69, 9.17) is 9.84 Å². The third kappa shape index (κ3) is 2.42. The number of carbonyl (C=O) groups is 1. The highest BCUT2D eigenvalue weighted by molar-refractivity contribution is 5.79. The van der Waals surface area contributed by atoms with Crippen molar-refractivity contribution in [2.24, 2.45) is 0 Å². The lowest BCUT2D eigenvalue weighted by Crippen LogP contribution is -2.57. The molecular formula is C9H17NO3. The van der Waals surface area contributed by atoms with Crippen LogP contribution in [0.1, 0.15) is 25.7 Å². The van der Waals surface area contributed by atoms with Crippen LogP contribution in [0.25, 0.3) is 0 Å². The molecule has 1 rings (SSSR count). The Morgan fingerprint density at radius 2 is 2.31 bits per heavy atom. The number of methoxy groups -OCH3 is 1. The van der Waals surface area contributed by atoms with Crippen LogP contribution in [0.3, 0.4) is 0 Å². The van der Waals surface area contributed by atoms with Gasteiger partial charge in [0.15, 0.2) is 0 Å². The summed E-state index contributed by atoms with van der Waals surface area (Å²) in [5.41, 5.74) is -0.617. The summed E-state index contributed by atoms with van der Waals surface area (Å²) in [6.45, 7) is 1.41. The van der Waals surface area contributed by atoms with E-state index in [9.17, 15) is 4.79 Å². The van der Waals surface area contributed by atoms with Crippen LogP contribution in [0.5, 0.6) is 0 Å². The van der Waals surface area contributed by atoms with Gasteiger partial charge < -0.3 is 15.2 Å². The van der Waals surface area contributed by atoms with Crippen molar-refractivity contribution in [1.82, 2.24) is 5.32 Å². The summed E-state index contributed by atoms with van der Waals surface area (Å²) >= 11 is 0. The molecule has 0 amide bonds. The fourth-order valence-electron chi connectivity index (χ4n) is 1.54. The van der Waals surface area contributed by atoms with Crippen LogP contribution < -0.4 is 5.32 Å². The molecule has 1 aliphatic carbocycles. The zero-order valence-electron chi connectivity index (χ0n) is 8.01. The predicted octanol–water partition coefficient (Wildman–Crippen LogP) is 0.620. The van der Waals surface area contributed by atoms with Crippen molar-refractivity contribution in [2.45, 2.75) is 31.2 Å². The Balaban J connectivity index is 2.21. The molecule has 0 saturated heterocycles. The predicted molar refractivity (Wildman–Crippen MR) is 48.7 cm³/mol. The average Bonchev–Trinajstić information content (AvgIpc) is 2.01. The Bertz CT molecular complexity index is 178. The van der Waals surface area contributed by atoms with E-state index in [-0.39, 0.29) is 0 Å². The van der Waals surface area contributed by atoms with Crippen LogP contribution in [0.15, 0.2) is 0 Å².